The minimum Gasteiger partial charge on any atom is -0.301 e. The first kappa shape index (κ1) is 18.9. The maximum Gasteiger partial charge on any atom is 0.244 e. The molecule has 6 nitrogen and oxygen atoms in total. The maximum absolute atomic E-state index is 12.6. The number of sulfonamides is 1. The van der Waals surface area contributed by atoms with Crippen LogP contribution in [-0.2, 0) is 16.6 Å². The highest BCUT2D eigenvalue weighted by molar-refractivity contribution is 7.89. The molecule has 0 radical (unpaired) electrons. The second-order valence-electron chi connectivity index (χ2n) is 5.79. The minimum atomic E-state index is -3.63. The molecular weight excluding hydrogens is 348 g/mol. The third-order valence-electron chi connectivity index (χ3n) is 3.87. The summed E-state index contributed by atoms with van der Waals surface area (Å²) in [6.07, 6.45) is 1.55. The molecule has 0 fully saturated rings. The van der Waals surface area contributed by atoms with E-state index in [9.17, 15) is 8.42 Å². The predicted octanol–water partition coefficient (Wildman–Crippen LogP) is 2.45. The zero-order valence-corrected chi connectivity index (χ0v) is 15.9. The first-order valence-corrected chi connectivity index (χ1v) is 9.57. The van der Waals surface area contributed by atoms with Gasteiger partial charge in [-0.1, -0.05) is 29.8 Å². The van der Waals surface area contributed by atoms with E-state index in [1.165, 1.54) is 0 Å². The maximum atomic E-state index is 12.6. The van der Waals surface area contributed by atoms with E-state index in [1.54, 1.807) is 23.9 Å². The zero-order valence-electron chi connectivity index (χ0n) is 14.3. The first-order chi connectivity index (χ1) is 11.3. The Morgan fingerprint density at radius 2 is 2.00 bits per heavy atom. The summed E-state index contributed by atoms with van der Waals surface area (Å²) in [6, 6.07) is 7.28. The van der Waals surface area contributed by atoms with Crippen LogP contribution in [0.25, 0.3) is 0 Å². The van der Waals surface area contributed by atoms with E-state index in [1.807, 2.05) is 44.1 Å². The summed E-state index contributed by atoms with van der Waals surface area (Å²) in [5.74, 6) is 0. The van der Waals surface area contributed by atoms with Gasteiger partial charge in [-0.25, -0.2) is 13.1 Å². The van der Waals surface area contributed by atoms with Gasteiger partial charge in [-0.05, 0) is 39.6 Å². The lowest BCUT2D eigenvalue weighted by atomic mass is 10.1. The van der Waals surface area contributed by atoms with Crippen molar-refractivity contribution in [3.8, 4) is 0 Å². The monoisotopic (exact) mass is 370 g/mol. The largest absolute Gasteiger partial charge is 0.301 e. The van der Waals surface area contributed by atoms with Crippen molar-refractivity contribution in [2.24, 2.45) is 0 Å². The quantitative estimate of drug-likeness (QED) is 0.812. The predicted molar refractivity (Wildman–Crippen MR) is 95.7 cm³/mol. The molecule has 1 atom stereocenters. The van der Waals surface area contributed by atoms with Gasteiger partial charge in [0.15, 0.2) is 0 Å². The summed E-state index contributed by atoms with van der Waals surface area (Å²) in [5.41, 5.74) is 1.37. The van der Waals surface area contributed by atoms with Crippen LogP contribution in [0, 0.1) is 6.92 Å². The second kappa shape index (κ2) is 7.65. The van der Waals surface area contributed by atoms with Gasteiger partial charge in [0, 0.05) is 30.4 Å². The smallest absolute Gasteiger partial charge is 0.244 e. The average molecular weight is 371 g/mol. The van der Waals surface area contributed by atoms with Crippen molar-refractivity contribution >= 4 is 21.6 Å². The lowest BCUT2D eigenvalue weighted by Gasteiger charge is -2.25. The fourth-order valence-corrected chi connectivity index (χ4v) is 3.99. The molecule has 2 aromatic rings. The van der Waals surface area contributed by atoms with E-state index >= 15 is 0 Å². The van der Waals surface area contributed by atoms with E-state index in [0.29, 0.717) is 17.3 Å². The number of rotatable bonds is 7. The van der Waals surface area contributed by atoms with Gasteiger partial charge in [0.1, 0.15) is 4.90 Å². The SMILES string of the molecule is CCn1cc(S(=O)(=O)NCC(c2ccccc2Cl)N(C)C)c(C)n1. The van der Waals surface area contributed by atoms with E-state index in [2.05, 4.69) is 9.82 Å². The molecule has 0 aliphatic heterocycles. The number of aromatic nitrogens is 2. The van der Waals surface area contributed by atoms with Gasteiger partial charge in [-0.15, -0.1) is 0 Å². The number of hydrogen-bond acceptors (Lipinski definition) is 4. The molecule has 0 aliphatic carbocycles. The summed E-state index contributed by atoms with van der Waals surface area (Å²) in [6.45, 7) is 4.44. The van der Waals surface area contributed by atoms with Crippen LogP contribution in [0.4, 0.5) is 0 Å². The highest BCUT2D eigenvalue weighted by Gasteiger charge is 2.24. The van der Waals surface area contributed by atoms with Gasteiger partial charge in [-0.3, -0.25) is 4.68 Å². The number of aryl methyl sites for hydroxylation is 2. The van der Waals surface area contributed by atoms with Gasteiger partial charge in [-0.2, -0.15) is 5.10 Å². The van der Waals surface area contributed by atoms with Crippen molar-refractivity contribution in [3.05, 3.63) is 46.7 Å². The van der Waals surface area contributed by atoms with Gasteiger partial charge >= 0.3 is 0 Å². The van der Waals surface area contributed by atoms with Crippen molar-refractivity contribution in [1.29, 1.82) is 0 Å². The Balaban J connectivity index is 2.22. The Morgan fingerprint density at radius 1 is 1.33 bits per heavy atom. The van der Waals surface area contributed by atoms with Crippen LogP contribution in [0.3, 0.4) is 0 Å². The third kappa shape index (κ3) is 4.16. The van der Waals surface area contributed by atoms with Crippen LogP contribution in [0.15, 0.2) is 35.4 Å². The number of likely N-dealkylation sites (N-methyl/N-ethyl adjacent to an activating group) is 1. The first-order valence-electron chi connectivity index (χ1n) is 7.70. The normalized spacial score (nSPS) is 13.4. The topological polar surface area (TPSA) is 67.2 Å². The molecule has 1 heterocycles. The second-order valence-corrected chi connectivity index (χ2v) is 7.93. The van der Waals surface area contributed by atoms with Crippen molar-refractivity contribution < 1.29 is 8.42 Å². The molecule has 0 aliphatic rings. The van der Waals surface area contributed by atoms with Crippen LogP contribution in [-0.4, -0.2) is 43.7 Å². The van der Waals surface area contributed by atoms with Crippen LogP contribution in [0.5, 0.6) is 0 Å². The summed E-state index contributed by atoms with van der Waals surface area (Å²) in [7, 11) is 0.150. The lowest BCUT2D eigenvalue weighted by Crippen LogP contribution is -2.34. The Kier molecular flexibility index (Phi) is 6.03. The number of halogens is 1. The summed E-state index contributed by atoms with van der Waals surface area (Å²) in [4.78, 5) is 2.15. The third-order valence-corrected chi connectivity index (χ3v) is 5.74. The molecule has 8 heteroatoms. The Labute approximate surface area is 148 Å². The molecule has 2 rings (SSSR count). The Bertz CT molecular complexity index is 802. The number of nitrogens with zero attached hydrogens (tertiary/aromatic N) is 3. The molecule has 0 bridgehead atoms. The minimum absolute atomic E-state index is 0.171. The van der Waals surface area contributed by atoms with Gasteiger partial charge < -0.3 is 4.90 Å². The average Bonchev–Trinajstić information content (AvgIpc) is 2.91. The number of benzene rings is 1. The van der Waals surface area contributed by atoms with Crippen molar-refractivity contribution in [1.82, 2.24) is 19.4 Å². The molecule has 0 amide bonds. The van der Waals surface area contributed by atoms with Gasteiger partial charge in [0.2, 0.25) is 10.0 Å². The molecule has 132 valence electrons. The zero-order chi connectivity index (χ0) is 17.9. The summed E-state index contributed by atoms with van der Waals surface area (Å²) in [5, 5.41) is 4.81. The van der Waals surface area contributed by atoms with E-state index in [0.717, 1.165) is 5.56 Å². The molecular formula is C16H23ClN4O2S. The molecule has 24 heavy (non-hydrogen) atoms. The fraction of sp³-hybridized carbons (Fsp3) is 0.438. The van der Waals surface area contributed by atoms with Crippen LogP contribution < -0.4 is 4.72 Å². The molecule has 0 spiro atoms. The van der Waals surface area contributed by atoms with Crippen LogP contribution >= 0.6 is 11.6 Å². The van der Waals surface area contributed by atoms with Gasteiger partial charge in [0.25, 0.3) is 0 Å². The summed E-state index contributed by atoms with van der Waals surface area (Å²) < 4.78 is 29.5. The molecule has 1 unspecified atom stereocenters. The van der Waals surface area contributed by atoms with Crippen molar-refractivity contribution in [2.45, 2.75) is 31.3 Å². The Hall–Kier alpha value is -1.41. The number of hydrogen-bond donors (Lipinski definition) is 1. The van der Waals surface area contributed by atoms with Crippen molar-refractivity contribution in [3.63, 3.8) is 0 Å². The summed E-state index contributed by atoms with van der Waals surface area (Å²) >= 11 is 6.26. The fourth-order valence-electron chi connectivity index (χ4n) is 2.51. The molecule has 0 saturated carbocycles. The van der Waals surface area contributed by atoms with Crippen molar-refractivity contribution in [2.75, 3.05) is 20.6 Å². The van der Waals surface area contributed by atoms with E-state index in [-0.39, 0.29) is 17.5 Å². The Morgan fingerprint density at radius 3 is 2.54 bits per heavy atom. The molecule has 1 aromatic carbocycles. The molecule has 0 saturated heterocycles. The van der Waals surface area contributed by atoms with Crippen LogP contribution in [0.1, 0.15) is 24.2 Å². The number of nitrogens with one attached hydrogen (secondary N) is 1. The lowest BCUT2D eigenvalue weighted by molar-refractivity contribution is 0.299. The van der Waals surface area contributed by atoms with E-state index < -0.39 is 10.0 Å². The highest BCUT2D eigenvalue weighted by atomic mass is 35.5. The molecule has 1 N–H and O–H groups in total. The van der Waals surface area contributed by atoms with Crippen LogP contribution in [0.2, 0.25) is 5.02 Å². The van der Waals surface area contributed by atoms with E-state index in [4.69, 9.17) is 11.6 Å². The van der Waals surface area contributed by atoms with Gasteiger partial charge in [0.05, 0.1) is 5.69 Å². The standard InChI is InChI=1S/C16H23ClN4O2S/c1-5-21-11-16(12(2)19-21)24(22,23)18-10-15(20(3)4)13-8-6-7-9-14(13)17/h6-9,11,15,18H,5,10H2,1-4H3. The molecule has 1 aromatic heterocycles. The highest BCUT2D eigenvalue weighted by Crippen LogP contribution is 2.26.